The number of benzene rings is 2. The van der Waals surface area contributed by atoms with E-state index in [1.807, 2.05) is 48.5 Å². The zero-order chi connectivity index (χ0) is 22.9. The van der Waals surface area contributed by atoms with Crippen molar-refractivity contribution < 1.29 is 9.59 Å². The molecule has 0 aliphatic carbocycles. The van der Waals surface area contributed by atoms with Crippen LogP contribution in [0.3, 0.4) is 0 Å². The van der Waals surface area contributed by atoms with Crippen LogP contribution in [0.1, 0.15) is 26.4 Å². The van der Waals surface area contributed by atoms with E-state index in [0.29, 0.717) is 37.4 Å². The lowest BCUT2D eigenvalue weighted by Gasteiger charge is -2.34. The van der Waals surface area contributed by atoms with E-state index in [1.54, 1.807) is 23.0 Å². The predicted octanol–water partition coefficient (Wildman–Crippen LogP) is 2.94. The van der Waals surface area contributed by atoms with Crippen LogP contribution >= 0.6 is 0 Å². The fourth-order valence-corrected chi connectivity index (χ4v) is 4.19. The molecule has 0 saturated carbocycles. The van der Waals surface area contributed by atoms with Crippen LogP contribution in [0.5, 0.6) is 0 Å². The first-order valence-electron chi connectivity index (χ1n) is 10.9. The van der Waals surface area contributed by atoms with Crippen LogP contribution in [-0.4, -0.2) is 67.8 Å². The Morgan fingerprint density at radius 1 is 0.879 bits per heavy atom. The Bertz CT molecular complexity index is 1340. The number of hydrogen-bond donors (Lipinski definition) is 0. The summed E-state index contributed by atoms with van der Waals surface area (Å²) in [6.45, 7) is 3.93. The van der Waals surface area contributed by atoms with Gasteiger partial charge in [0.05, 0.1) is 17.4 Å². The Kier molecular flexibility index (Phi) is 5.34. The molecule has 5 rings (SSSR count). The highest BCUT2D eigenvalue weighted by Gasteiger charge is 2.27. The van der Waals surface area contributed by atoms with Crippen molar-refractivity contribution in [2.24, 2.45) is 7.05 Å². The van der Waals surface area contributed by atoms with Gasteiger partial charge in [0.15, 0.2) is 5.69 Å². The minimum Gasteiger partial charge on any atom is -0.335 e. The zero-order valence-electron chi connectivity index (χ0n) is 18.6. The maximum Gasteiger partial charge on any atom is 0.276 e. The van der Waals surface area contributed by atoms with Crippen LogP contribution in [-0.2, 0) is 7.05 Å². The lowest BCUT2D eigenvalue weighted by molar-refractivity contribution is 0.0532. The molecule has 1 aliphatic rings. The molecule has 2 aromatic carbocycles. The average molecular weight is 441 g/mol. The molecule has 1 aliphatic heterocycles. The van der Waals surface area contributed by atoms with E-state index in [9.17, 15) is 9.59 Å². The standard InChI is InChI=1S/C25H24N6O2/c1-17-14-21(18-6-4-3-5-7-18)26-22-15-19(8-9-20(17)22)24(32)30-10-12-31(13-11-30)25(33)23-16-29(2)28-27-23/h3-9,14-16H,10-13H2,1-2H3. The van der Waals surface area contributed by atoms with Crippen LogP contribution in [0.15, 0.2) is 60.8 Å². The molecule has 1 fully saturated rings. The largest absolute Gasteiger partial charge is 0.335 e. The number of carbonyl (C=O) groups is 2. The van der Waals surface area contributed by atoms with Gasteiger partial charge in [-0.15, -0.1) is 5.10 Å². The van der Waals surface area contributed by atoms with Crippen molar-refractivity contribution in [1.29, 1.82) is 0 Å². The molecule has 3 heterocycles. The molecule has 0 N–H and O–H groups in total. The van der Waals surface area contributed by atoms with Crippen molar-refractivity contribution in [3.8, 4) is 11.3 Å². The molecule has 8 heteroatoms. The number of aromatic nitrogens is 4. The second-order valence-corrected chi connectivity index (χ2v) is 8.28. The lowest BCUT2D eigenvalue weighted by atomic mass is 10.0. The second kappa shape index (κ2) is 8.46. The molecule has 8 nitrogen and oxygen atoms in total. The zero-order valence-corrected chi connectivity index (χ0v) is 18.6. The summed E-state index contributed by atoms with van der Waals surface area (Å²) in [7, 11) is 1.73. The molecular weight excluding hydrogens is 416 g/mol. The molecule has 2 aromatic heterocycles. The van der Waals surface area contributed by atoms with Gasteiger partial charge in [-0.25, -0.2) is 4.98 Å². The molecule has 0 radical (unpaired) electrons. The van der Waals surface area contributed by atoms with Crippen LogP contribution in [0.25, 0.3) is 22.2 Å². The summed E-state index contributed by atoms with van der Waals surface area (Å²) < 4.78 is 1.51. The van der Waals surface area contributed by atoms with Crippen LogP contribution in [0.4, 0.5) is 0 Å². The molecule has 0 bridgehead atoms. The molecule has 0 unspecified atom stereocenters. The topological polar surface area (TPSA) is 84.2 Å². The highest BCUT2D eigenvalue weighted by molar-refractivity contribution is 5.99. The third-order valence-electron chi connectivity index (χ3n) is 6.01. The maximum atomic E-state index is 13.2. The van der Waals surface area contributed by atoms with Gasteiger partial charge >= 0.3 is 0 Å². The van der Waals surface area contributed by atoms with E-state index >= 15 is 0 Å². The van der Waals surface area contributed by atoms with E-state index in [1.165, 1.54) is 4.68 Å². The van der Waals surface area contributed by atoms with Crippen molar-refractivity contribution in [3.63, 3.8) is 0 Å². The van der Waals surface area contributed by atoms with Gasteiger partial charge in [-0.1, -0.05) is 41.6 Å². The third-order valence-corrected chi connectivity index (χ3v) is 6.01. The van der Waals surface area contributed by atoms with Crippen LogP contribution < -0.4 is 0 Å². The van der Waals surface area contributed by atoms with Crippen molar-refractivity contribution in [1.82, 2.24) is 29.8 Å². The van der Waals surface area contributed by atoms with E-state index in [4.69, 9.17) is 4.98 Å². The molecule has 1 saturated heterocycles. The highest BCUT2D eigenvalue weighted by Crippen LogP contribution is 2.25. The van der Waals surface area contributed by atoms with Gasteiger partial charge in [0.25, 0.3) is 11.8 Å². The van der Waals surface area contributed by atoms with Gasteiger partial charge < -0.3 is 9.80 Å². The number of pyridine rings is 1. The maximum absolute atomic E-state index is 13.2. The van der Waals surface area contributed by atoms with Crippen molar-refractivity contribution in [2.75, 3.05) is 26.2 Å². The Labute approximate surface area is 191 Å². The number of aryl methyl sites for hydroxylation is 2. The number of carbonyl (C=O) groups excluding carboxylic acids is 2. The molecule has 166 valence electrons. The second-order valence-electron chi connectivity index (χ2n) is 8.28. The summed E-state index contributed by atoms with van der Waals surface area (Å²) in [5, 5.41) is 8.75. The molecule has 0 spiro atoms. The van der Waals surface area contributed by atoms with Gasteiger partial charge in [-0.3, -0.25) is 14.3 Å². The summed E-state index contributed by atoms with van der Waals surface area (Å²) in [5.41, 5.74) is 4.78. The Balaban J connectivity index is 1.34. The molecule has 33 heavy (non-hydrogen) atoms. The summed E-state index contributed by atoms with van der Waals surface area (Å²) in [6, 6.07) is 17.8. The first-order valence-corrected chi connectivity index (χ1v) is 10.9. The van der Waals surface area contributed by atoms with E-state index in [0.717, 1.165) is 27.7 Å². The van der Waals surface area contributed by atoms with Crippen molar-refractivity contribution in [2.45, 2.75) is 6.92 Å². The average Bonchev–Trinajstić information content (AvgIpc) is 3.29. The molecule has 4 aromatic rings. The molecule has 0 atom stereocenters. The summed E-state index contributed by atoms with van der Waals surface area (Å²) in [4.78, 5) is 34.1. The first kappa shape index (κ1) is 20.8. The first-order chi connectivity index (χ1) is 16.0. The summed E-state index contributed by atoms with van der Waals surface area (Å²) in [6.07, 6.45) is 1.60. The number of hydrogen-bond acceptors (Lipinski definition) is 5. The lowest BCUT2D eigenvalue weighted by Crippen LogP contribution is -2.50. The van der Waals surface area contributed by atoms with Crippen molar-refractivity contribution >= 4 is 22.7 Å². The minimum atomic E-state index is -0.158. The van der Waals surface area contributed by atoms with Crippen LogP contribution in [0, 0.1) is 6.92 Å². The smallest absolute Gasteiger partial charge is 0.276 e. The van der Waals surface area contributed by atoms with Crippen LogP contribution in [0.2, 0.25) is 0 Å². The number of fused-ring (bicyclic) bond motifs is 1. The normalized spacial score (nSPS) is 14.0. The quantitative estimate of drug-likeness (QED) is 0.489. The van der Waals surface area contributed by atoms with Gasteiger partial charge in [0.1, 0.15) is 0 Å². The fourth-order valence-electron chi connectivity index (χ4n) is 4.19. The summed E-state index contributed by atoms with van der Waals surface area (Å²) >= 11 is 0. The number of piperazine rings is 1. The number of nitrogens with zero attached hydrogens (tertiary/aromatic N) is 6. The Hall–Kier alpha value is -4.07. The van der Waals surface area contributed by atoms with Gasteiger partial charge in [-0.05, 0) is 30.7 Å². The predicted molar refractivity (Wildman–Crippen MR) is 125 cm³/mol. The molecular formula is C25H24N6O2. The Morgan fingerprint density at radius 3 is 2.24 bits per heavy atom. The number of amides is 2. The van der Waals surface area contributed by atoms with Crippen molar-refractivity contribution in [3.05, 3.63) is 77.6 Å². The Morgan fingerprint density at radius 2 is 1.58 bits per heavy atom. The van der Waals surface area contributed by atoms with E-state index in [-0.39, 0.29) is 11.8 Å². The SMILES string of the molecule is Cc1cc(-c2ccccc2)nc2cc(C(=O)N3CCN(C(=O)c4cn(C)nn4)CC3)ccc12. The van der Waals surface area contributed by atoms with E-state index in [2.05, 4.69) is 23.3 Å². The monoisotopic (exact) mass is 440 g/mol. The van der Waals surface area contributed by atoms with E-state index < -0.39 is 0 Å². The minimum absolute atomic E-state index is 0.0481. The number of rotatable bonds is 3. The van der Waals surface area contributed by atoms with Gasteiger partial charge in [0, 0.05) is 49.7 Å². The summed E-state index contributed by atoms with van der Waals surface area (Å²) in [5.74, 6) is -0.206. The van der Waals surface area contributed by atoms with Gasteiger partial charge in [0.2, 0.25) is 0 Å². The van der Waals surface area contributed by atoms with Gasteiger partial charge in [-0.2, -0.15) is 0 Å². The molecule has 2 amide bonds. The third kappa shape index (κ3) is 4.07. The highest BCUT2D eigenvalue weighted by atomic mass is 16.2. The fraction of sp³-hybridized carbons (Fsp3) is 0.240.